The van der Waals surface area contributed by atoms with E-state index in [1.165, 1.54) is 6.21 Å². The summed E-state index contributed by atoms with van der Waals surface area (Å²) in [6.45, 7) is 14.8. The van der Waals surface area contributed by atoms with Crippen molar-refractivity contribution in [2.75, 3.05) is 0 Å². The summed E-state index contributed by atoms with van der Waals surface area (Å²) >= 11 is 0. The fourth-order valence-corrected chi connectivity index (χ4v) is 0. The Bertz CT molecular complexity index is 95.0. The molecule has 11 heavy (non-hydrogen) atoms. The van der Waals surface area contributed by atoms with Crippen LogP contribution in [0.3, 0.4) is 0 Å². The lowest BCUT2D eigenvalue weighted by Gasteiger charge is -2.06. The summed E-state index contributed by atoms with van der Waals surface area (Å²) in [4.78, 5) is 0. The van der Waals surface area contributed by atoms with Gasteiger partial charge in [0.05, 0.1) is 0 Å². The van der Waals surface area contributed by atoms with E-state index in [-0.39, 0.29) is 5.41 Å². The molecule has 1 N–H and O–H groups in total. The van der Waals surface area contributed by atoms with Crippen molar-refractivity contribution in [2.24, 2.45) is 10.8 Å². The second kappa shape index (κ2) is 4.53. The first-order valence-electron chi connectivity index (χ1n) is 4.08. The molecule has 0 aromatic rings. The molecule has 0 saturated carbocycles. The normalized spacial score (nSPS) is 11.5. The van der Waals surface area contributed by atoms with Crippen LogP contribution in [0.1, 0.15) is 48.5 Å². The van der Waals surface area contributed by atoms with Gasteiger partial charge in [-0.25, -0.2) is 0 Å². The minimum Gasteiger partial charge on any atom is -0.313 e. The summed E-state index contributed by atoms with van der Waals surface area (Å²) < 4.78 is 0. The molecule has 1 nitrogen and oxygen atoms in total. The van der Waals surface area contributed by atoms with Gasteiger partial charge in [0.25, 0.3) is 0 Å². The highest BCUT2D eigenvalue weighted by Gasteiger charge is 2.01. The van der Waals surface area contributed by atoms with Crippen LogP contribution in [0, 0.1) is 16.2 Å². The molecular formula is C10H23N. The molecule has 68 valence electrons. The third-order valence-corrected chi connectivity index (χ3v) is 0.433. The molecule has 0 aliphatic rings. The lowest BCUT2D eigenvalue weighted by molar-refractivity contribution is 0.469. The number of nitrogens with one attached hydrogen (secondary N) is 1. The van der Waals surface area contributed by atoms with E-state index in [1.54, 1.807) is 0 Å². The monoisotopic (exact) mass is 157 g/mol. The van der Waals surface area contributed by atoms with Gasteiger partial charge in [0.1, 0.15) is 0 Å². The minimum atomic E-state index is 0.0833. The van der Waals surface area contributed by atoms with Gasteiger partial charge in [-0.05, 0) is 10.8 Å². The first kappa shape index (κ1) is 13.3. The molecule has 0 fully saturated rings. The highest BCUT2D eigenvalue weighted by molar-refractivity contribution is 5.59. The Balaban J connectivity index is 0. The molecule has 0 atom stereocenters. The molecule has 0 bridgehead atoms. The van der Waals surface area contributed by atoms with Crippen LogP contribution in [0.15, 0.2) is 0 Å². The van der Waals surface area contributed by atoms with Gasteiger partial charge in [-0.15, -0.1) is 0 Å². The van der Waals surface area contributed by atoms with Crippen LogP contribution in [0.5, 0.6) is 0 Å². The van der Waals surface area contributed by atoms with Crippen molar-refractivity contribution in [3.05, 3.63) is 0 Å². The zero-order valence-electron chi connectivity index (χ0n) is 9.08. The van der Waals surface area contributed by atoms with E-state index in [0.29, 0.717) is 5.41 Å². The second-order valence-electron chi connectivity index (χ2n) is 5.51. The van der Waals surface area contributed by atoms with Gasteiger partial charge >= 0.3 is 0 Å². The summed E-state index contributed by atoms with van der Waals surface area (Å²) in [7, 11) is 0. The number of hydrogen-bond acceptors (Lipinski definition) is 1. The average Bonchev–Trinajstić information content (AvgIpc) is 1.59. The van der Waals surface area contributed by atoms with E-state index in [2.05, 4.69) is 27.7 Å². The van der Waals surface area contributed by atoms with Crippen LogP contribution in [0.2, 0.25) is 0 Å². The Morgan fingerprint density at radius 2 is 0.909 bits per heavy atom. The fraction of sp³-hybridized carbons (Fsp3) is 0.900. The molecule has 0 saturated heterocycles. The Labute approximate surface area is 71.7 Å². The summed E-state index contributed by atoms with van der Waals surface area (Å²) in [6, 6.07) is 0. The van der Waals surface area contributed by atoms with E-state index in [0.717, 1.165) is 0 Å². The second-order valence-corrected chi connectivity index (χ2v) is 5.51. The van der Waals surface area contributed by atoms with Crippen molar-refractivity contribution in [1.29, 1.82) is 5.41 Å². The molecule has 1 heteroatoms. The van der Waals surface area contributed by atoms with Gasteiger partial charge in [0.2, 0.25) is 0 Å². The summed E-state index contributed by atoms with van der Waals surface area (Å²) in [5, 5.41) is 6.73. The lowest BCUT2D eigenvalue weighted by Crippen LogP contribution is -2.03. The topological polar surface area (TPSA) is 23.9 Å². The number of rotatable bonds is 0. The average molecular weight is 157 g/mol. The SMILES string of the molecule is CC(C)(C)C.CC(C)(C)C=N. The molecule has 0 heterocycles. The Hall–Kier alpha value is -0.330. The third-order valence-electron chi connectivity index (χ3n) is 0.433. The Morgan fingerprint density at radius 3 is 0.909 bits per heavy atom. The molecular weight excluding hydrogens is 134 g/mol. The van der Waals surface area contributed by atoms with Crippen molar-refractivity contribution < 1.29 is 0 Å². The Morgan fingerprint density at radius 1 is 0.818 bits per heavy atom. The zero-order chi connectivity index (χ0) is 9.71. The lowest BCUT2D eigenvalue weighted by atomic mass is 10.00. The van der Waals surface area contributed by atoms with Crippen LogP contribution in [0.4, 0.5) is 0 Å². The highest BCUT2D eigenvalue weighted by Crippen LogP contribution is 2.08. The van der Waals surface area contributed by atoms with E-state index in [4.69, 9.17) is 5.41 Å². The van der Waals surface area contributed by atoms with Crippen LogP contribution >= 0.6 is 0 Å². The molecule has 0 spiro atoms. The van der Waals surface area contributed by atoms with Gasteiger partial charge in [0.15, 0.2) is 0 Å². The quantitative estimate of drug-likeness (QED) is 0.518. The van der Waals surface area contributed by atoms with Crippen molar-refractivity contribution in [1.82, 2.24) is 0 Å². The molecule has 0 aliphatic heterocycles. The van der Waals surface area contributed by atoms with Crippen LogP contribution in [-0.2, 0) is 0 Å². The summed E-state index contributed by atoms with van der Waals surface area (Å²) in [5.41, 5.74) is 0.583. The van der Waals surface area contributed by atoms with E-state index >= 15 is 0 Å². The Kier molecular flexibility index (Phi) is 5.46. The maximum Gasteiger partial charge on any atom is 0.000591 e. The van der Waals surface area contributed by atoms with Crippen molar-refractivity contribution in [3.8, 4) is 0 Å². The van der Waals surface area contributed by atoms with E-state index < -0.39 is 0 Å². The molecule has 0 aromatic heterocycles. The molecule has 0 amide bonds. The fourth-order valence-electron chi connectivity index (χ4n) is 0. The maximum atomic E-state index is 6.73. The van der Waals surface area contributed by atoms with Gasteiger partial charge in [-0.3, -0.25) is 0 Å². The third kappa shape index (κ3) is 79.8. The van der Waals surface area contributed by atoms with Gasteiger partial charge < -0.3 is 5.41 Å². The molecule has 0 aliphatic carbocycles. The summed E-state index contributed by atoms with van der Waals surface area (Å²) in [5.74, 6) is 0. The van der Waals surface area contributed by atoms with Crippen LogP contribution in [-0.4, -0.2) is 6.21 Å². The smallest absolute Gasteiger partial charge is 0.000591 e. The summed E-state index contributed by atoms with van der Waals surface area (Å²) in [6.07, 6.45) is 1.44. The van der Waals surface area contributed by atoms with Crippen LogP contribution in [0.25, 0.3) is 0 Å². The maximum absolute atomic E-state index is 6.73. The minimum absolute atomic E-state index is 0.0833. The van der Waals surface area contributed by atoms with Gasteiger partial charge in [-0.1, -0.05) is 48.5 Å². The van der Waals surface area contributed by atoms with Crippen molar-refractivity contribution in [3.63, 3.8) is 0 Å². The number of hydrogen-bond donors (Lipinski definition) is 1. The standard InChI is InChI=1S/C5H11N.C5H12/c1-5(2,3)4-6;1-5(2,3)4/h4,6H,1-3H3;1-4H3. The molecule has 0 rings (SSSR count). The molecule has 0 aromatic carbocycles. The van der Waals surface area contributed by atoms with Gasteiger partial charge in [-0.2, -0.15) is 0 Å². The largest absolute Gasteiger partial charge is 0.313 e. The highest BCUT2D eigenvalue weighted by atomic mass is 14.4. The van der Waals surface area contributed by atoms with Crippen molar-refractivity contribution in [2.45, 2.75) is 48.5 Å². The van der Waals surface area contributed by atoms with Crippen molar-refractivity contribution >= 4 is 6.21 Å². The van der Waals surface area contributed by atoms with Crippen LogP contribution < -0.4 is 0 Å². The predicted molar refractivity (Wildman–Crippen MR) is 53.4 cm³/mol. The van der Waals surface area contributed by atoms with E-state index in [1.807, 2.05) is 20.8 Å². The molecule has 0 unspecified atom stereocenters. The van der Waals surface area contributed by atoms with Gasteiger partial charge in [0, 0.05) is 6.21 Å². The molecule has 0 radical (unpaired) electrons. The van der Waals surface area contributed by atoms with E-state index in [9.17, 15) is 0 Å². The predicted octanol–water partition coefficient (Wildman–Crippen LogP) is 3.73. The first-order valence-corrected chi connectivity index (χ1v) is 4.08. The zero-order valence-corrected chi connectivity index (χ0v) is 9.08. The first-order chi connectivity index (χ1) is 4.56.